The molecule has 0 unspecified atom stereocenters. The van der Waals surface area contributed by atoms with Crippen LogP contribution in [0.2, 0.25) is 0 Å². The van der Waals surface area contributed by atoms with Gasteiger partial charge in [-0.25, -0.2) is 4.39 Å². The predicted molar refractivity (Wildman–Crippen MR) is 89.3 cm³/mol. The van der Waals surface area contributed by atoms with Crippen molar-refractivity contribution in [3.8, 4) is 0 Å². The van der Waals surface area contributed by atoms with Gasteiger partial charge in [-0.1, -0.05) is 6.92 Å². The number of rotatable bonds is 6. The topological polar surface area (TPSA) is 67.2 Å². The van der Waals surface area contributed by atoms with Crippen molar-refractivity contribution in [2.75, 3.05) is 13.1 Å². The molecule has 1 saturated heterocycles. The normalized spacial score (nSPS) is 20.5. The second-order valence-corrected chi connectivity index (χ2v) is 6.46. The Labute approximate surface area is 142 Å². The van der Waals surface area contributed by atoms with Crippen LogP contribution in [0.5, 0.6) is 0 Å². The van der Waals surface area contributed by atoms with Gasteiger partial charge in [0, 0.05) is 38.5 Å². The molecule has 2 heterocycles. The molecular weight excluding hydrogens is 311 g/mol. The van der Waals surface area contributed by atoms with Gasteiger partial charge in [-0.2, -0.15) is 5.10 Å². The SMILES string of the molecule is CCC(=O)NC[C@@H]1C[C@H](F)CN1C(=O)CCc1c(C)nn(C)c1C. The van der Waals surface area contributed by atoms with Crippen molar-refractivity contribution in [3.63, 3.8) is 0 Å². The molecule has 2 rings (SSSR count). The third-order valence-electron chi connectivity index (χ3n) is 4.79. The van der Waals surface area contributed by atoms with Gasteiger partial charge in [0.05, 0.1) is 18.3 Å². The standard InChI is InChI=1S/C17H27FN4O2/c1-5-16(23)19-9-14-8-13(18)10-22(14)17(24)7-6-15-11(2)20-21(4)12(15)3/h13-14H,5-10H2,1-4H3,(H,19,23)/t13-,14-/m0/s1. The van der Waals surface area contributed by atoms with Crippen LogP contribution in [0.15, 0.2) is 0 Å². The Morgan fingerprint density at radius 1 is 1.38 bits per heavy atom. The summed E-state index contributed by atoms with van der Waals surface area (Å²) in [7, 11) is 1.88. The average molecular weight is 338 g/mol. The summed E-state index contributed by atoms with van der Waals surface area (Å²) in [5.74, 6) is -0.139. The van der Waals surface area contributed by atoms with Crippen molar-refractivity contribution in [3.05, 3.63) is 17.0 Å². The van der Waals surface area contributed by atoms with E-state index in [1.165, 1.54) is 0 Å². The van der Waals surface area contributed by atoms with Crippen molar-refractivity contribution in [2.24, 2.45) is 7.05 Å². The molecule has 1 aromatic rings. The zero-order valence-electron chi connectivity index (χ0n) is 14.9. The summed E-state index contributed by atoms with van der Waals surface area (Å²) in [6.07, 6.45) is 0.601. The van der Waals surface area contributed by atoms with Crippen LogP contribution in [0.25, 0.3) is 0 Å². The number of nitrogens with zero attached hydrogens (tertiary/aromatic N) is 3. The lowest BCUT2D eigenvalue weighted by Gasteiger charge is -2.24. The Kier molecular flexibility index (Phi) is 5.96. The minimum Gasteiger partial charge on any atom is -0.354 e. The third-order valence-corrected chi connectivity index (χ3v) is 4.79. The number of aryl methyl sites for hydroxylation is 2. The van der Waals surface area contributed by atoms with Gasteiger partial charge in [-0.05, 0) is 25.8 Å². The quantitative estimate of drug-likeness (QED) is 0.853. The Balaban J connectivity index is 1.95. The van der Waals surface area contributed by atoms with Crippen LogP contribution in [0.4, 0.5) is 4.39 Å². The molecular formula is C17H27FN4O2. The first-order valence-corrected chi connectivity index (χ1v) is 8.52. The van der Waals surface area contributed by atoms with Crippen molar-refractivity contribution in [2.45, 2.75) is 58.7 Å². The highest BCUT2D eigenvalue weighted by molar-refractivity contribution is 5.78. The highest BCUT2D eigenvalue weighted by Gasteiger charge is 2.35. The largest absolute Gasteiger partial charge is 0.354 e. The van der Waals surface area contributed by atoms with Gasteiger partial charge in [0.15, 0.2) is 0 Å². The molecule has 1 N–H and O–H groups in total. The van der Waals surface area contributed by atoms with E-state index in [9.17, 15) is 14.0 Å². The minimum absolute atomic E-state index is 0.0615. The number of nitrogens with one attached hydrogen (secondary N) is 1. The summed E-state index contributed by atoms with van der Waals surface area (Å²) >= 11 is 0. The number of hydrogen-bond acceptors (Lipinski definition) is 3. The first-order chi connectivity index (χ1) is 11.3. The lowest BCUT2D eigenvalue weighted by Crippen LogP contribution is -2.43. The molecule has 134 valence electrons. The van der Waals surface area contributed by atoms with Crippen LogP contribution in [0, 0.1) is 13.8 Å². The summed E-state index contributed by atoms with van der Waals surface area (Å²) in [4.78, 5) is 25.5. The van der Waals surface area contributed by atoms with Gasteiger partial charge in [0.25, 0.3) is 0 Å². The Hall–Kier alpha value is -1.92. The molecule has 7 heteroatoms. The number of likely N-dealkylation sites (tertiary alicyclic amines) is 1. The van der Waals surface area contributed by atoms with Crippen LogP contribution >= 0.6 is 0 Å². The summed E-state index contributed by atoms with van der Waals surface area (Å²) < 4.78 is 15.6. The fraction of sp³-hybridized carbons (Fsp3) is 0.706. The number of hydrogen-bond donors (Lipinski definition) is 1. The van der Waals surface area contributed by atoms with Crippen molar-refractivity contribution < 1.29 is 14.0 Å². The fourth-order valence-corrected chi connectivity index (χ4v) is 3.27. The molecule has 0 radical (unpaired) electrons. The van der Waals surface area contributed by atoms with Crippen molar-refractivity contribution in [1.82, 2.24) is 20.0 Å². The van der Waals surface area contributed by atoms with Crippen LogP contribution in [-0.4, -0.2) is 51.8 Å². The van der Waals surface area contributed by atoms with Gasteiger partial charge >= 0.3 is 0 Å². The van der Waals surface area contributed by atoms with Crippen molar-refractivity contribution in [1.29, 1.82) is 0 Å². The Morgan fingerprint density at radius 3 is 2.67 bits per heavy atom. The molecule has 1 aromatic heterocycles. The lowest BCUT2D eigenvalue weighted by atomic mass is 10.1. The van der Waals surface area contributed by atoms with Crippen molar-refractivity contribution >= 4 is 11.8 Å². The maximum Gasteiger partial charge on any atom is 0.223 e. The molecule has 0 spiro atoms. The number of halogens is 1. The molecule has 1 aliphatic rings. The summed E-state index contributed by atoms with van der Waals surface area (Å²) in [6.45, 7) is 6.13. The Morgan fingerprint density at radius 2 is 2.08 bits per heavy atom. The van der Waals surface area contributed by atoms with Gasteiger partial charge in [0.2, 0.25) is 11.8 Å². The number of aromatic nitrogens is 2. The van der Waals surface area contributed by atoms with E-state index in [4.69, 9.17) is 0 Å². The lowest BCUT2D eigenvalue weighted by molar-refractivity contribution is -0.132. The average Bonchev–Trinajstić information content (AvgIpc) is 3.03. The van der Waals surface area contributed by atoms with Crippen LogP contribution in [0.1, 0.15) is 43.1 Å². The van der Waals surface area contributed by atoms with Gasteiger partial charge in [-0.3, -0.25) is 14.3 Å². The second-order valence-electron chi connectivity index (χ2n) is 6.46. The molecule has 2 amide bonds. The van der Waals surface area contributed by atoms with E-state index < -0.39 is 6.17 Å². The first kappa shape index (κ1) is 18.4. The number of amides is 2. The Bertz CT molecular complexity index is 614. The maximum absolute atomic E-state index is 13.8. The molecule has 0 aliphatic carbocycles. The van der Waals surface area contributed by atoms with Gasteiger partial charge in [0.1, 0.15) is 6.17 Å². The maximum atomic E-state index is 13.8. The van der Waals surface area contributed by atoms with E-state index in [1.54, 1.807) is 11.8 Å². The molecule has 1 fully saturated rings. The molecule has 24 heavy (non-hydrogen) atoms. The van der Waals surface area contributed by atoms with E-state index in [2.05, 4.69) is 10.4 Å². The molecule has 0 bridgehead atoms. The first-order valence-electron chi connectivity index (χ1n) is 8.52. The summed E-state index contributed by atoms with van der Waals surface area (Å²) in [5, 5.41) is 7.12. The fourth-order valence-electron chi connectivity index (χ4n) is 3.27. The predicted octanol–water partition coefficient (Wildman–Crippen LogP) is 1.43. The van der Waals surface area contributed by atoms with E-state index in [0.717, 1.165) is 17.0 Å². The number of alkyl halides is 1. The molecule has 6 nitrogen and oxygen atoms in total. The molecule has 0 saturated carbocycles. The highest BCUT2D eigenvalue weighted by atomic mass is 19.1. The summed E-state index contributed by atoms with van der Waals surface area (Å²) in [6, 6.07) is -0.251. The summed E-state index contributed by atoms with van der Waals surface area (Å²) in [5.41, 5.74) is 3.06. The smallest absolute Gasteiger partial charge is 0.223 e. The molecule has 1 aliphatic heterocycles. The number of carbonyl (C=O) groups is 2. The highest BCUT2D eigenvalue weighted by Crippen LogP contribution is 2.22. The zero-order chi connectivity index (χ0) is 17.9. The monoisotopic (exact) mass is 338 g/mol. The number of carbonyl (C=O) groups excluding carboxylic acids is 2. The zero-order valence-corrected chi connectivity index (χ0v) is 14.9. The minimum atomic E-state index is -1.01. The molecule has 0 aromatic carbocycles. The van der Waals surface area contributed by atoms with Crippen LogP contribution < -0.4 is 5.32 Å². The van der Waals surface area contributed by atoms with E-state index >= 15 is 0 Å². The molecule has 2 atom stereocenters. The second kappa shape index (κ2) is 7.77. The van der Waals surface area contributed by atoms with Gasteiger partial charge in [-0.15, -0.1) is 0 Å². The van der Waals surface area contributed by atoms with E-state index in [-0.39, 0.29) is 24.4 Å². The van der Waals surface area contributed by atoms with E-state index in [1.807, 2.05) is 25.6 Å². The third kappa shape index (κ3) is 4.13. The van der Waals surface area contributed by atoms with E-state index in [0.29, 0.717) is 32.2 Å². The van der Waals surface area contributed by atoms with Gasteiger partial charge < -0.3 is 10.2 Å². The van der Waals surface area contributed by atoms with Crippen LogP contribution in [-0.2, 0) is 23.1 Å². The van der Waals surface area contributed by atoms with Crippen LogP contribution in [0.3, 0.4) is 0 Å².